The van der Waals surface area contributed by atoms with E-state index >= 15 is 0 Å². The van der Waals surface area contributed by atoms with Crippen LogP contribution in [0.4, 0.5) is 5.13 Å². The van der Waals surface area contributed by atoms with Gasteiger partial charge in [-0.1, -0.05) is 12.1 Å². The molecule has 1 saturated heterocycles. The Balaban J connectivity index is 1.44. The van der Waals surface area contributed by atoms with E-state index in [4.69, 9.17) is 9.72 Å². The van der Waals surface area contributed by atoms with E-state index in [0.717, 1.165) is 28.6 Å². The van der Waals surface area contributed by atoms with Gasteiger partial charge in [-0.2, -0.15) is 4.31 Å². The van der Waals surface area contributed by atoms with Crippen molar-refractivity contribution in [2.75, 3.05) is 31.6 Å². The number of hydrogen-bond acceptors (Lipinski definition) is 7. The monoisotopic (exact) mass is 444 g/mol. The third kappa shape index (κ3) is 4.33. The molecular formula is C21H24N4O3S2. The molecule has 0 amide bonds. The van der Waals surface area contributed by atoms with E-state index in [9.17, 15) is 8.42 Å². The molecule has 0 spiro atoms. The molecule has 1 aliphatic heterocycles. The standard InChI is InChI=1S/C21H24N4O3S2/c1-16-14-24(30(26,27)20-7-4-8-22-13-20)9-10-25(16)21-23-18(15-29-21)11-17-5-3-6-19(12-17)28-2/h3-8,12-13,15-16H,9-11,14H2,1-2H3. The van der Waals surface area contributed by atoms with Gasteiger partial charge in [0, 0.05) is 49.9 Å². The number of anilines is 1. The van der Waals surface area contributed by atoms with Gasteiger partial charge in [-0.25, -0.2) is 13.4 Å². The molecule has 158 valence electrons. The summed E-state index contributed by atoms with van der Waals surface area (Å²) in [5.41, 5.74) is 2.15. The average molecular weight is 445 g/mol. The van der Waals surface area contributed by atoms with Gasteiger partial charge in [-0.05, 0) is 36.8 Å². The first-order valence-electron chi connectivity index (χ1n) is 9.71. The van der Waals surface area contributed by atoms with Crippen molar-refractivity contribution in [3.8, 4) is 5.75 Å². The van der Waals surface area contributed by atoms with Gasteiger partial charge in [-0.3, -0.25) is 4.98 Å². The number of nitrogens with zero attached hydrogens (tertiary/aromatic N) is 4. The van der Waals surface area contributed by atoms with Crippen molar-refractivity contribution >= 4 is 26.5 Å². The molecule has 3 aromatic rings. The summed E-state index contributed by atoms with van der Waals surface area (Å²) in [7, 11) is -1.87. The topological polar surface area (TPSA) is 75.6 Å². The third-order valence-electron chi connectivity index (χ3n) is 5.17. The van der Waals surface area contributed by atoms with Crippen LogP contribution < -0.4 is 9.64 Å². The molecule has 9 heteroatoms. The fourth-order valence-corrected chi connectivity index (χ4v) is 6.01. The van der Waals surface area contributed by atoms with E-state index < -0.39 is 10.0 Å². The van der Waals surface area contributed by atoms with Crippen LogP contribution in [-0.2, 0) is 16.4 Å². The van der Waals surface area contributed by atoms with Crippen LogP contribution in [0, 0.1) is 0 Å². The van der Waals surface area contributed by atoms with E-state index in [1.54, 1.807) is 36.8 Å². The van der Waals surface area contributed by atoms with Gasteiger partial charge in [0.2, 0.25) is 10.0 Å². The van der Waals surface area contributed by atoms with E-state index in [-0.39, 0.29) is 10.9 Å². The Hall–Kier alpha value is -2.49. The molecular weight excluding hydrogens is 420 g/mol. The second-order valence-corrected chi connectivity index (χ2v) is 10.0. The summed E-state index contributed by atoms with van der Waals surface area (Å²) in [4.78, 5) is 11.2. The van der Waals surface area contributed by atoms with Crippen LogP contribution in [-0.4, -0.2) is 55.5 Å². The largest absolute Gasteiger partial charge is 0.497 e. The first-order valence-corrected chi connectivity index (χ1v) is 12.0. The molecule has 0 bridgehead atoms. The van der Waals surface area contributed by atoms with Crippen molar-refractivity contribution in [1.82, 2.24) is 14.3 Å². The van der Waals surface area contributed by atoms with Gasteiger partial charge in [0.1, 0.15) is 10.6 Å². The summed E-state index contributed by atoms with van der Waals surface area (Å²) in [6.45, 7) is 3.48. The highest BCUT2D eigenvalue weighted by Crippen LogP contribution is 2.28. The first-order chi connectivity index (χ1) is 14.5. The number of benzene rings is 1. The SMILES string of the molecule is COc1cccc(Cc2csc(N3CCN(S(=O)(=O)c4cccnc4)CC3C)n2)c1. The molecule has 7 nitrogen and oxygen atoms in total. The Morgan fingerprint density at radius 2 is 2.10 bits per heavy atom. The molecule has 3 heterocycles. The lowest BCUT2D eigenvalue weighted by Gasteiger charge is -2.39. The third-order valence-corrected chi connectivity index (χ3v) is 7.94. The van der Waals surface area contributed by atoms with E-state index in [1.807, 2.05) is 25.1 Å². The van der Waals surface area contributed by atoms with Gasteiger partial charge < -0.3 is 9.64 Å². The molecule has 1 aliphatic rings. The summed E-state index contributed by atoms with van der Waals surface area (Å²) in [6, 6.07) is 11.2. The van der Waals surface area contributed by atoms with Crippen molar-refractivity contribution in [1.29, 1.82) is 0 Å². The summed E-state index contributed by atoms with van der Waals surface area (Å²) < 4.78 is 32.6. The summed E-state index contributed by atoms with van der Waals surface area (Å²) in [5.74, 6) is 0.836. The number of methoxy groups -OCH3 is 1. The summed E-state index contributed by atoms with van der Waals surface area (Å²) >= 11 is 1.60. The minimum absolute atomic E-state index is 0.0287. The number of piperazine rings is 1. The highest BCUT2D eigenvalue weighted by molar-refractivity contribution is 7.89. The van der Waals surface area contributed by atoms with Crippen LogP contribution in [0.3, 0.4) is 0 Å². The Morgan fingerprint density at radius 1 is 1.23 bits per heavy atom. The molecule has 2 aromatic heterocycles. The highest BCUT2D eigenvalue weighted by atomic mass is 32.2. The lowest BCUT2D eigenvalue weighted by Crippen LogP contribution is -2.53. The number of sulfonamides is 1. The molecule has 0 radical (unpaired) electrons. The number of pyridine rings is 1. The van der Waals surface area contributed by atoms with Crippen LogP contribution in [0.25, 0.3) is 0 Å². The Labute approximate surface area is 181 Å². The van der Waals surface area contributed by atoms with Crippen molar-refractivity contribution in [3.05, 3.63) is 65.4 Å². The number of rotatable bonds is 6. The smallest absolute Gasteiger partial charge is 0.244 e. The Morgan fingerprint density at radius 3 is 2.83 bits per heavy atom. The van der Waals surface area contributed by atoms with Crippen molar-refractivity contribution in [2.24, 2.45) is 0 Å². The van der Waals surface area contributed by atoms with Gasteiger partial charge in [0.05, 0.1) is 12.8 Å². The zero-order chi connectivity index (χ0) is 21.1. The number of ether oxygens (including phenoxy) is 1. The van der Waals surface area contributed by atoms with Crippen LogP contribution in [0.2, 0.25) is 0 Å². The maximum atomic E-state index is 12.9. The fraction of sp³-hybridized carbons (Fsp3) is 0.333. The van der Waals surface area contributed by atoms with Crippen LogP contribution in [0.5, 0.6) is 5.75 Å². The lowest BCUT2D eigenvalue weighted by atomic mass is 10.1. The van der Waals surface area contributed by atoms with E-state index in [2.05, 4.69) is 21.3 Å². The minimum Gasteiger partial charge on any atom is -0.497 e. The molecule has 0 aliphatic carbocycles. The number of aromatic nitrogens is 2. The molecule has 1 unspecified atom stereocenters. The Bertz CT molecular complexity index is 1100. The maximum absolute atomic E-state index is 12.9. The normalized spacial score (nSPS) is 17.8. The molecule has 0 saturated carbocycles. The van der Waals surface area contributed by atoms with Crippen molar-refractivity contribution in [2.45, 2.75) is 24.3 Å². The Kier molecular flexibility index (Phi) is 6.03. The zero-order valence-electron chi connectivity index (χ0n) is 16.9. The quantitative estimate of drug-likeness (QED) is 0.582. The van der Waals surface area contributed by atoms with E-state index in [0.29, 0.717) is 19.6 Å². The molecule has 4 rings (SSSR count). The first kappa shape index (κ1) is 20.8. The van der Waals surface area contributed by atoms with Crippen LogP contribution >= 0.6 is 11.3 Å². The van der Waals surface area contributed by atoms with Crippen molar-refractivity contribution in [3.63, 3.8) is 0 Å². The predicted molar refractivity (Wildman–Crippen MR) is 118 cm³/mol. The maximum Gasteiger partial charge on any atom is 0.244 e. The second kappa shape index (κ2) is 8.71. The predicted octanol–water partition coefficient (Wildman–Crippen LogP) is 3.04. The summed E-state index contributed by atoms with van der Waals surface area (Å²) in [5, 5.41) is 3.00. The second-order valence-electron chi connectivity index (χ2n) is 7.24. The summed E-state index contributed by atoms with van der Waals surface area (Å²) in [6.07, 6.45) is 3.71. The zero-order valence-corrected chi connectivity index (χ0v) is 18.6. The molecule has 0 N–H and O–H groups in total. The molecule has 1 aromatic carbocycles. The molecule has 1 atom stereocenters. The van der Waals surface area contributed by atoms with Gasteiger partial charge in [0.15, 0.2) is 5.13 Å². The van der Waals surface area contributed by atoms with Gasteiger partial charge in [0.25, 0.3) is 0 Å². The average Bonchev–Trinajstić information content (AvgIpc) is 3.22. The highest BCUT2D eigenvalue weighted by Gasteiger charge is 2.33. The van der Waals surface area contributed by atoms with Crippen molar-refractivity contribution < 1.29 is 13.2 Å². The van der Waals surface area contributed by atoms with Gasteiger partial charge in [-0.15, -0.1) is 11.3 Å². The number of hydrogen-bond donors (Lipinski definition) is 0. The fourth-order valence-electron chi connectivity index (χ4n) is 3.58. The minimum atomic E-state index is -3.53. The van der Waals surface area contributed by atoms with Gasteiger partial charge >= 0.3 is 0 Å². The van der Waals surface area contributed by atoms with Crippen LogP contribution in [0.15, 0.2) is 59.1 Å². The van der Waals surface area contributed by atoms with Crippen LogP contribution in [0.1, 0.15) is 18.2 Å². The van der Waals surface area contributed by atoms with E-state index in [1.165, 1.54) is 10.5 Å². The lowest BCUT2D eigenvalue weighted by molar-refractivity contribution is 0.342. The molecule has 30 heavy (non-hydrogen) atoms. The molecule has 1 fully saturated rings. The number of thiazole rings is 1.